The maximum absolute atomic E-state index is 13.3. The molecule has 8 heteroatoms. The van der Waals surface area contributed by atoms with Gasteiger partial charge in [0.2, 0.25) is 10.0 Å². The number of benzene rings is 1. The number of hydrogen-bond acceptors (Lipinski definition) is 4. The summed E-state index contributed by atoms with van der Waals surface area (Å²) >= 11 is 5.89. The minimum atomic E-state index is -3.96. The molecule has 5 nitrogen and oxygen atoms in total. The van der Waals surface area contributed by atoms with Crippen molar-refractivity contribution < 1.29 is 22.7 Å². The molecule has 1 saturated heterocycles. The van der Waals surface area contributed by atoms with Gasteiger partial charge >= 0.3 is 0 Å². The van der Waals surface area contributed by atoms with E-state index in [0.717, 1.165) is 16.4 Å². The molecule has 2 rings (SSSR count). The highest BCUT2D eigenvalue weighted by atomic mass is 35.5. The Morgan fingerprint density at radius 1 is 1.52 bits per heavy atom. The first-order chi connectivity index (χ1) is 9.65. The van der Waals surface area contributed by atoms with E-state index >= 15 is 0 Å². The third kappa shape index (κ3) is 3.54. The van der Waals surface area contributed by atoms with Crippen LogP contribution in [0.25, 0.3) is 0 Å². The van der Waals surface area contributed by atoms with Crippen molar-refractivity contribution in [3.05, 3.63) is 29.0 Å². The van der Waals surface area contributed by atoms with Gasteiger partial charge in [-0.05, 0) is 32.0 Å². The van der Waals surface area contributed by atoms with Gasteiger partial charge in [0.1, 0.15) is 10.7 Å². The molecule has 0 aromatic heterocycles. The first kappa shape index (κ1) is 16.6. The smallest absolute Gasteiger partial charge is 0.244 e. The second kappa shape index (κ2) is 5.81. The summed E-state index contributed by atoms with van der Waals surface area (Å²) in [6.45, 7) is 3.25. The van der Waals surface area contributed by atoms with Gasteiger partial charge in [0.25, 0.3) is 0 Å². The van der Waals surface area contributed by atoms with Crippen molar-refractivity contribution in [1.29, 1.82) is 0 Å². The minimum Gasteiger partial charge on any atom is -0.394 e. The van der Waals surface area contributed by atoms with Crippen molar-refractivity contribution in [2.45, 2.75) is 30.4 Å². The van der Waals surface area contributed by atoms with Crippen LogP contribution in [0.2, 0.25) is 5.02 Å². The van der Waals surface area contributed by atoms with E-state index in [2.05, 4.69) is 0 Å². The van der Waals surface area contributed by atoms with Crippen molar-refractivity contribution in [3.63, 3.8) is 0 Å². The second-order valence-electron chi connectivity index (χ2n) is 5.55. The van der Waals surface area contributed by atoms with Gasteiger partial charge in [-0.1, -0.05) is 11.6 Å². The summed E-state index contributed by atoms with van der Waals surface area (Å²) in [5.41, 5.74) is -0.751. The monoisotopic (exact) mass is 337 g/mol. The molecular weight excluding hydrogens is 321 g/mol. The van der Waals surface area contributed by atoms with Gasteiger partial charge in [-0.15, -0.1) is 0 Å². The van der Waals surface area contributed by atoms with Gasteiger partial charge < -0.3 is 9.84 Å². The Bertz CT molecular complexity index is 635. The number of halogens is 2. The number of aliphatic hydroxyl groups is 1. The number of aliphatic hydroxyl groups excluding tert-OH is 1. The molecule has 1 aromatic rings. The topological polar surface area (TPSA) is 66.8 Å². The van der Waals surface area contributed by atoms with Crippen molar-refractivity contribution in [3.8, 4) is 0 Å². The molecular formula is C13H17ClFNO4S. The Morgan fingerprint density at radius 3 is 2.81 bits per heavy atom. The number of hydrogen-bond donors (Lipinski definition) is 1. The maximum Gasteiger partial charge on any atom is 0.244 e. The van der Waals surface area contributed by atoms with E-state index in [-0.39, 0.29) is 29.6 Å². The van der Waals surface area contributed by atoms with Crippen molar-refractivity contribution >= 4 is 21.6 Å². The van der Waals surface area contributed by atoms with Crippen LogP contribution in [0.15, 0.2) is 23.1 Å². The number of morpholine rings is 1. The molecule has 0 bridgehead atoms. The Hall–Kier alpha value is -0.730. The zero-order valence-corrected chi connectivity index (χ0v) is 13.3. The van der Waals surface area contributed by atoms with Gasteiger partial charge in [0.15, 0.2) is 0 Å². The van der Waals surface area contributed by atoms with E-state index in [0.29, 0.717) is 0 Å². The fourth-order valence-electron chi connectivity index (χ4n) is 2.33. The van der Waals surface area contributed by atoms with Gasteiger partial charge in [-0.25, -0.2) is 12.8 Å². The normalized spacial score (nSPS) is 23.2. The summed E-state index contributed by atoms with van der Waals surface area (Å²) in [6, 6.07) is 3.20. The van der Waals surface area contributed by atoms with E-state index in [1.165, 1.54) is 6.07 Å². The fourth-order valence-corrected chi connectivity index (χ4v) is 4.44. The second-order valence-corrected chi connectivity index (χ2v) is 7.87. The largest absolute Gasteiger partial charge is 0.394 e. The summed E-state index contributed by atoms with van der Waals surface area (Å²) < 4.78 is 45.4. The number of ether oxygens (including phenoxy) is 1. The van der Waals surface area contributed by atoms with E-state index in [9.17, 15) is 17.9 Å². The highest BCUT2D eigenvalue weighted by Gasteiger charge is 2.39. The highest BCUT2D eigenvalue weighted by molar-refractivity contribution is 7.89. The molecule has 0 spiro atoms. The summed E-state index contributed by atoms with van der Waals surface area (Å²) in [4.78, 5) is -0.279. The molecule has 1 unspecified atom stereocenters. The molecule has 0 radical (unpaired) electrons. The van der Waals surface area contributed by atoms with Crippen LogP contribution in [-0.2, 0) is 14.8 Å². The van der Waals surface area contributed by atoms with Crippen LogP contribution in [0, 0.1) is 5.82 Å². The van der Waals surface area contributed by atoms with E-state index in [1.807, 2.05) is 0 Å². The molecule has 1 aliphatic heterocycles. The minimum absolute atomic E-state index is 0.00486. The van der Waals surface area contributed by atoms with Crippen molar-refractivity contribution in [1.82, 2.24) is 4.31 Å². The predicted molar refractivity (Wildman–Crippen MR) is 76.2 cm³/mol. The van der Waals surface area contributed by atoms with E-state index in [4.69, 9.17) is 16.3 Å². The van der Waals surface area contributed by atoms with Crippen LogP contribution in [0.5, 0.6) is 0 Å². The van der Waals surface area contributed by atoms with Crippen molar-refractivity contribution in [2.24, 2.45) is 0 Å². The third-order valence-corrected chi connectivity index (χ3v) is 5.46. The lowest BCUT2D eigenvalue weighted by atomic mass is 10.1. The Balaban J connectivity index is 2.41. The van der Waals surface area contributed by atoms with Crippen LogP contribution in [0.1, 0.15) is 13.8 Å². The summed E-state index contributed by atoms with van der Waals surface area (Å²) in [6.07, 6.45) is -0.629. The quantitative estimate of drug-likeness (QED) is 0.910. The molecule has 21 heavy (non-hydrogen) atoms. The first-order valence-corrected chi connectivity index (χ1v) is 8.21. The molecule has 0 amide bonds. The fraction of sp³-hybridized carbons (Fsp3) is 0.538. The lowest BCUT2D eigenvalue weighted by Gasteiger charge is -2.41. The number of sulfonamides is 1. The van der Waals surface area contributed by atoms with Crippen LogP contribution in [0.4, 0.5) is 4.39 Å². The Kier molecular flexibility index (Phi) is 4.60. The molecule has 0 aliphatic carbocycles. The van der Waals surface area contributed by atoms with Crippen LogP contribution < -0.4 is 0 Å². The average molecular weight is 338 g/mol. The number of rotatable bonds is 3. The van der Waals surface area contributed by atoms with E-state index in [1.54, 1.807) is 13.8 Å². The zero-order chi connectivity index (χ0) is 15.8. The molecule has 1 atom stereocenters. The van der Waals surface area contributed by atoms with Gasteiger partial charge in [-0.3, -0.25) is 0 Å². The molecule has 118 valence electrons. The third-order valence-electron chi connectivity index (χ3n) is 3.16. The summed E-state index contributed by atoms with van der Waals surface area (Å²) in [7, 11) is -3.96. The number of nitrogens with zero attached hydrogens (tertiary/aromatic N) is 1. The molecule has 1 aliphatic rings. The molecule has 1 fully saturated rings. The van der Waals surface area contributed by atoms with Gasteiger partial charge in [0.05, 0.1) is 23.3 Å². The van der Waals surface area contributed by atoms with Crippen LogP contribution >= 0.6 is 11.6 Å². The maximum atomic E-state index is 13.3. The predicted octanol–water partition coefficient (Wildman–Crippen LogP) is 1.64. The lowest BCUT2D eigenvalue weighted by Crippen LogP contribution is -2.55. The summed E-state index contributed by atoms with van der Waals surface area (Å²) in [5.74, 6) is -0.677. The Morgan fingerprint density at radius 2 is 2.19 bits per heavy atom. The SMILES string of the molecule is CC1(C)CN(S(=O)(=O)c2cc(F)ccc2Cl)CC(CO)O1. The van der Waals surface area contributed by atoms with E-state index < -0.39 is 27.5 Å². The zero-order valence-electron chi connectivity index (χ0n) is 11.7. The molecule has 1 aromatic carbocycles. The summed E-state index contributed by atoms with van der Waals surface area (Å²) in [5, 5.41) is 9.20. The molecule has 1 N–H and O–H groups in total. The van der Waals surface area contributed by atoms with Gasteiger partial charge in [0, 0.05) is 13.1 Å². The van der Waals surface area contributed by atoms with Crippen LogP contribution in [-0.4, -0.2) is 49.2 Å². The molecule has 1 heterocycles. The molecule has 0 saturated carbocycles. The highest BCUT2D eigenvalue weighted by Crippen LogP contribution is 2.30. The lowest BCUT2D eigenvalue weighted by molar-refractivity contribution is -0.131. The Labute approximate surface area is 128 Å². The first-order valence-electron chi connectivity index (χ1n) is 6.39. The standard InChI is InChI=1S/C13H17ClFNO4S/c1-13(2)8-16(6-10(7-17)20-13)21(18,19)12-5-9(15)3-4-11(12)14/h3-5,10,17H,6-8H2,1-2H3. The van der Waals surface area contributed by atoms with Crippen LogP contribution in [0.3, 0.4) is 0 Å². The van der Waals surface area contributed by atoms with Gasteiger partial charge in [-0.2, -0.15) is 4.31 Å². The average Bonchev–Trinajstić information content (AvgIpc) is 2.39. The van der Waals surface area contributed by atoms with Crippen molar-refractivity contribution in [2.75, 3.05) is 19.7 Å².